The highest BCUT2D eigenvalue weighted by Gasteiger charge is 2.07. The second-order valence-electron chi connectivity index (χ2n) is 1.94. The zero-order valence-corrected chi connectivity index (χ0v) is 5.91. The van der Waals surface area contributed by atoms with Gasteiger partial charge in [0.1, 0.15) is 12.2 Å². The number of hydrogen-bond donors (Lipinski definition) is 1. The van der Waals surface area contributed by atoms with E-state index in [1.165, 1.54) is 0 Å². The van der Waals surface area contributed by atoms with Gasteiger partial charge in [-0.2, -0.15) is 0 Å². The Bertz CT molecular complexity index is 244. The Morgan fingerprint density at radius 1 is 1.73 bits per heavy atom. The van der Waals surface area contributed by atoms with E-state index in [2.05, 4.69) is 10.5 Å². The van der Waals surface area contributed by atoms with Crippen molar-refractivity contribution >= 4 is 5.97 Å². The maximum Gasteiger partial charge on any atom is 0.346 e. The Kier molecular flexibility index (Phi) is 2.66. The third kappa shape index (κ3) is 2.08. The third-order valence-electron chi connectivity index (χ3n) is 1.14. The van der Waals surface area contributed by atoms with Crippen molar-refractivity contribution in [1.29, 1.82) is 0 Å². The van der Waals surface area contributed by atoms with Crippen molar-refractivity contribution in [3.63, 3.8) is 0 Å². The molecule has 1 aliphatic carbocycles. The lowest BCUT2D eigenvalue weighted by Gasteiger charge is -1.98. The van der Waals surface area contributed by atoms with E-state index in [0.29, 0.717) is 5.57 Å². The topological polar surface area (TPSA) is 46.5 Å². The number of carbonyl (C=O) groups excluding carboxylic acids is 1. The molecule has 0 heterocycles. The zero-order valence-electron chi connectivity index (χ0n) is 5.91. The van der Waals surface area contributed by atoms with Gasteiger partial charge >= 0.3 is 5.97 Å². The lowest BCUT2D eigenvalue weighted by atomic mass is 10.3. The van der Waals surface area contributed by atoms with Crippen LogP contribution in [-0.4, -0.2) is 24.3 Å². The van der Waals surface area contributed by atoms with Crippen LogP contribution in [0.15, 0.2) is 29.5 Å². The van der Waals surface area contributed by atoms with Crippen LogP contribution in [0.4, 0.5) is 0 Å². The number of allylic oxidation sites excluding steroid dienone is 1. The van der Waals surface area contributed by atoms with E-state index < -0.39 is 5.97 Å². The van der Waals surface area contributed by atoms with Crippen LogP contribution in [0.3, 0.4) is 0 Å². The van der Waals surface area contributed by atoms with E-state index in [-0.39, 0.29) is 13.2 Å². The van der Waals surface area contributed by atoms with Gasteiger partial charge in [-0.3, -0.25) is 0 Å². The summed E-state index contributed by atoms with van der Waals surface area (Å²) in [6.45, 7) is -0.107. The smallest absolute Gasteiger partial charge is 0.346 e. The van der Waals surface area contributed by atoms with E-state index in [0.717, 1.165) is 0 Å². The second-order valence-corrected chi connectivity index (χ2v) is 1.94. The molecule has 0 radical (unpaired) electrons. The van der Waals surface area contributed by atoms with Gasteiger partial charge in [0.15, 0.2) is 0 Å². The molecule has 0 aromatic carbocycles. The predicted molar refractivity (Wildman–Crippen MR) is 38.8 cm³/mol. The molecule has 0 saturated carbocycles. The van der Waals surface area contributed by atoms with E-state index in [4.69, 9.17) is 5.11 Å². The normalized spacial score (nSPS) is 13.4. The van der Waals surface area contributed by atoms with Gasteiger partial charge in [0, 0.05) is 0 Å². The summed E-state index contributed by atoms with van der Waals surface area (Å²) in [7, 11) is 0. The zero-order chi connectivity index (χ0) is 8.10. The molecule has 0 aromatic rings. The molecule has 0 atom stereocenters. The van der Waals surface area contributed by atoms with Crippen LogP contribution in [-0.2, 0) is 9.53 Å². The molecule has 1 N–H and O–H groups in total. The van der Waals surface area contributed by atoms with E-state index >= 15 is 0 Å². The van der Waals surface area contributed by atoms with Crippen LogP contribution in [0.25, 0.3) is 0 Å². The molecule has 11 heavy (non-hydrogen) atoms. The number of hydrogen-bond acceptors (Lipinski definition) is 3. The molecule has 1 aliphatic rings. The van der Waals surface area contributed by atoms with Crippen LogP contribution in [0.5, 0.6) is 0 Å². The highest BCUT2D eigenvalue weighted by atomic mass is 16.5. The average Bonchev–Trinajstić information content (AvgIpc) is 2.52. The number of aliphatic hydroxyl groups is 1. The molecular formula is C8H8O3. The van der Waals surface area contributed by atoms with Crippen LogP contribution in [0, 0.1) is 0 Å². The molecule has 0 unspecified atom stereocenters. The first-order valence-electron chi connectivity index (χ1n) is 3.26. The Morgan fingerprint density at radius 2 is 2.55 bits per heavy atom. The van der Waals surface area contributed by atoms with Crippen molar-refractivity contribution in [1.82, 2.24) is 0 Å². The lowest BCUT2D eigenvalue weighted by molar-refractivity contribution is -0.139. The standard InChI is InChI=1S/C8H8O3/c9-5-6-11-8(10)7-3-1-2-4-7/h1-3,9H,5-6H2. The van der Waals surface area contributed by atoms with Gasteiger partial charge < -0.3 is 9.84 Å². The summed E-state index contributed by atoms with van der Waals surface area (Å²) in [4.78, 5) is 10.9. The van der Waals surface area contributed by atoms with Crippen LogP contribution >= 0.6 is 0 Å². The SMILES string of the molecule is O=C(OCCO)C1=C=CC=C1. The minimum absolute atomic E-state index is 0.0395. The number of rotatable bonds is 3. The fourth-order valence-electron chi connectivity index (χ4n) is 0.673. The number of aliphatic hydroxyl groups excluding tert-OH is 1. The minimum atomic E-state index is -0.441. The quantitative estimate of drug-likeness (QED) is 0.463. The van der Waals surface area contributed by atoms with Crippen molar-refractivity contribution in [3.8, 4) is 0 Å². The first-order chi connectivity index (χ1) is 5.34. The van der Waals surface area contributed by atoms with Crippen molar-refractivity contribution < 1.29 is 14.6 Å². The lowest BCUT2D eigenvalue weighted by Crippen LogP contribution is -2.08. The van der Waals surface area contributed by atoms with Gasteiger partial charge in [-0.1, -0.05) is 6.08 Å². The van der Waals surface area contributed by atoms with Gasteiger partial charge in [-0.15, -0.1) is 5.73 Å². The van der Waals surface area contributed by atoms with Gasteiger partial charge in [0.2, 0.25) is 0 Å². The molecule has 3 heteroatoms. The predicted octanol–water partition coefficient (Wildman–Crippen LogP) is 0.173. The Labute approximate surface area is 64.3 Å². The molecule has 58 valence electrons. The summed E-state index contributed by atoms with van der Waals surface area (Å²) in [5.41, 5.74) is 3.09. The van der Waals surface area contributed by atoms with Crippen LogP contribution < -0.4 is 0 Å². The Hall–Kier alpha value is -1.31. The fourth-order valence-corrected chi connectivity index (χ4v) is 0.673. The minimum Gasteiger partial charge on any atom is -0.459 e. The number of carbonyl (C=O) groups is 1. The van der Waals surface area contributed by atoms with Crippen LogP contribution in [0.2, 0.25) is 0 Å². The van der Waals surface area contributed by atoms with Crippen molar-refractivity contribution in [2.45, 2.75) is 0 Å². The van der Waals surface area contributed by atoms with Gasteiger partial charge in [-0.25, -0.2) is 4.79 Å². The summed E-state index contributed by atoms with van der Waals surface area (Å²) in [6, 6.07) is 0. The summed E-state index contributed by atoms with van der Waals surface area (Å²) in [5, 5.41) is 8.33. The van der Waals surface area contributed by atoms with Crippen molar-refractivity contribution in [3.05, 3.63) is 29.5 Å². The molecule has 0 spiro atoms. The summed E-state index contributed by atoms with van der Waals surface area (Å²) in [5.74, 6) is -0.441. The second kappa shape index (κ2) is 3.76. The Morgan fingerprint density at radius 3 is 3.09 bits per heavy atom. The summed E-state index contributed by atoms with van der Waals surface area (Å²) in [6.07, 6.45) is 4.95. The third-order valence-corrected chi connectivity index (χ3v) is 1.14. The number of esters is 1. The first kappa shape index (κ1) is 7.79. The highest BCUT2D eigenvalue weighted by molar-refractivity contribution is 5.92. The number of ether oxygens (including phenoxy) is 1. The fraction of sp³-hybridized carbons (Fsp3) is 0.250. The van der Waals surface area contributed by atoms with Gasteiger partial charge in [0.25, 0.3) is 0 Å². The van der Waals surface area contributed by atoms with E-state index in [1.807, 2.05) is 0 Å². The van der Waals surface area contributed by atoms with Gasteiger partial charge in [-0.05, 0) is 12.2 Å². The first-order valence-corrected chi connectivity index (χ1v) is 3.26. The molecule has 0 bridgehead atoms. The average molecular weight is 152 g/mol. The molecule has 0 aromatic heterocycles. The largest absolute Gasteiger partial charge is 0.459 e. The molecule has 0 amide bonds. The highest BCUT2D eigenvalue weighted by Crippen LogP contribution is 2.03. The van der Waals surface area contributed by atoms with Crippen molar-refractivity contribution in [2.24, 2.45) is 0 Å². The molecule has 1 rings (SSSR count). The monoisotopic (exact) mass is 152 g/mol. The van der Waals surface area contributed by atoms with E-state index in [1.54, 1.807) is 18.2 Å². The molecule has 3 nitrogen and oxygen atoms in total. The Balaban J connectivity index is 2.43. The summed E-state index contributed by atoms with van der Waals surface area (Å²) < 4.78 is 4.62. The maximum atomic E-state index is 10.9. The maximum absolute atomic E-state index is 10.9. The van der Waals surface area contributed by atoms with Gasteiger partial charge in [0.05, 0.1) is 6.61 Å². The van der Waals surface area contributed by atoms with E-state index in [9.17, 15) is 4.79 Å². The molecular weight excluding hydrogens is 144 g/mol. The summed E-state index contributed by atoms with van der Waals surface area (Å²) >= 11 is 0. The van der Waals surface area contributed by atoms with Crippen LogP contribution in [0.1, 0.15) is 0 Å². The molecule has 0 aliphatic heterocycles. The van der Waals surface area contributed by atoms with Crippen molar-refractivity contribution in [2.75, 3.05) is 13.2 Å². The molecule has 0 saturated heterocycles. The molecule has 0 fully saturated rings.